The Morgan fingerprint density at radius 1 is 0.800 bits per heavy atom. The number of rotatable bonds is 7. The predicted octanol–water partition coefficient (Wildman–Crippen LogP) is 8.51. The van der Waals surface area contributed by atoms with Gasteiger partial charge in [-0.05, 0) is 144 Å². The van der Waals surface area contributed by atoms with Crippen LogP contribution in [0, 0.1) is 17.8 Å². The molecule has 300 valence electrons. The van der Waals surface area contributed by atoms with Crippen LogP contribution in [0.1, 0.15) is 122 Å². The van der Waals surface area contributed by atoms with Crippen LogP contribution in [-0.2, 0) is 20.4 Å². The number of likely N-dealkylation sites (tertiary alicyclic amines) is 3. The van der Waals surface area contributed by atoms with E-state index in [4.69, 9.17) is 4.74 Å². The summed E-state index contributed by atoms with van der Waals surface area (Å²) in [5, 5.41) is 6.81. The van der Waals surface area contributed by atoms with Crippen molar-refractivity contribution in [2.45, 2.75) is 114 Å². The van der Waals surface area contributed by atoms with Crippen LogP contribution < -0.4 is 10.6 Å². The number of carbonyl (C=O) groups is 2. The molecule has 8 heteroatoms. The van der Waals surface area contributed by atoms with E-state index in [1.165, 1.54) is 81.3 Å². The maximum absolute atomic E-state index is 12.0. The summed E-state index contributed by atoms with van der Waals surface area (Å²) in [7, 11) is 0. The van der Waals surface area contributed by atoms with Gasteiger partial charge in [0.15, 0.2) is 0 Å². The quantitative estimate of drug-likeness (QED) is 0.277. The lowest BCUT2D eigenvalue weighted by atomic mass is 9.73. The Bertz CT molecular complexity index is 1740. The van der Waals surface area contributed by atoms with Gasteiger partial charge < -0.3 is 30.1 Å². The molecule has 1 unspecified atom stereocenters. The number of amides is 2. The molecule has 2 N–H and O–H groups in total. The first-order valence-corrected chi connectivity index (χ1v) is 21.6. The standard InChI is InChI=1S/C24H35N3O2.C23H30N2O.2H2/c1-4-29-23(28)27-13-9-19(10-14-27)26-15-11-24(12-16-26)17-22(25-18(2)3)20-7-5-6-8-21(20)24;1-16(26)24-22-14-23(21-5-3-2-4-20(21)22)8-10-25(11-9-23)15-19-13-17-6-7-18(19)12-17;;/h5-8,19,22,25H,2,4,9-17H2,1,3H3;2-7,17-19,22H,8-15H2,1H3,(H,24,26);2*1H/t22-;17-,18-,19-,22?;;/m10../s1. The number of allylic oxidation sites excluding steroid dienone is 3. The van der Waals surface area contributed by atoms with E-state index in [9.17, 15) is 9.59 Å². The lowest BCUT2D eigenvalue weighted by Gasteiger charge is -2.45. The van der Waals surface area contributed by atoms with E-state index in [0.717, 1.165) is 68.9 Å². The summed E-state index contributed by atoms with van der Waals surface area (Å²) in [6.07, 6.45) is 16.9. The first-order valence-electron chi connectivity index (χ1n) is 21.6. The highest BCUT2D eigenvalue weighted by Gasteiger charge is 2.48. The number of piperidine rings is 3. The largest absolute Gasteiger partial charge is 0.450 e. The lowest BCUT2D eigenvalue weighted by molar-refractivity contribution is -0.119. The molecule has 2 bridgehead atoms. The van der Waals surface area contributed by atoms with Crippen LogP contribution in [0.4, 0.5) is 4.79 Å². The molecule has 2 aromatic carbocycles. The van der Waals surface area contributed by atoms with Crippen LogP contribution in [0.15, 0.2) is 73.0 Å². The third-order valence-corrected chi connectivity index (χ3v) is 14.8. The highest BCUT2D eigenvalue weighted by atomic mass is 16.6. The number of hydrogen-bond donors (Lipinski definition) is 2. The molecule has 2 spiro atoms. The molecule has 0 aromatic heterocycles. The van der Waals surface area contributed by atoms with Gasteiger partial charge >= 0.3 is 6.09 Å². The Kier molecular flexibility index (Phi) is 11.2. The molecule has 2 aromatic rings. The van der Waals surface area contributed by atoms with Crippen molar-refractivity contribution in [1.29, 1.82) is 0 Å². The van der Waals surface area contributed by atoms with Crippen LogP contribution in [0.2, 0.25) is 0 Å². The number of benzene rings is 2. The van der Waals surface area contributed by atoms with Crippen molar-refractivity contribution in [2.24, 2.45) is 17.8 Å². The average Bonchev–Trinajstić information content (AvgIpc) is 3.95. The molecule has 8 nitrogen and oxygen atoms in total. The summed E-state index contributed by atoms with van der Waals surface area (Å²) in [4.78, 5) is 30.9. The first kappa shape index (κ1) is 38.3. The molecule has 0 radical (unpaired) electrons. The molecule has 2 amide bonds. The van der Waals surface area contributed by atoms with Crippen molar-refractivity contribution in [3.05, 3.63) is 95.2 Å². The summed E-state index contributed by atoms with van der Waals surface area (Å²) in [5.74, 6) is 2.71. The maximum atomic E-state index is 12.0. The molecular weight excluding hydrogens is 683 g/mol. The van der Waals surface area contributed by atoms with E-state index in [0.29, 0.717) is 24.1 Å². The van der Waals surface area contributed by atoms with Crippen molar-refractivity contribution >= 4 is 12.0 Å². The number of nitrogens with zero attached hydrogens (tertiary/aromatic N) is 3. The minimum absolute atomic E-state index is 0. The molecule has 1 saturated carbocycles. The molecule has 5 atom stereocenters. The summed E-state index contributed by atoms with van der Waals surface area (Å²) >= 11 is 0. The summed E-state index contributed by atoms with van der Waals surface area (Å²) in [6, 6.07) is 19.0. The van der Waals surface area contributed by atoms with Crippen LogP contribution in [0.3, 0.4) is 0 Å². The van der Waals surface area contributed by atoms with Crippen LogP contribution in [0.25, 0.3) is 0 Å². The molecule has 9 rings (SSSR count). The molecule has 7 aliphatic rings. The minimum atomic E-state index is -0.151. The number of ether oxygens (including phenoxy) is 1. The third kappa shape index (κ3) is 7.87. The number of hydrogen-bond acceptors (Lipinski definition) is 6. The zero-order valence-corrected chi connectivity index (χ0v) is 33.7. The maximum Gasteiger partial charge on any atom is 0.409 e. The first-order chi connectivity index (χ1) is 26.6. The van der Waals surface area contributed by atoms with Crippen LogP contribution >= 0.6 is 0 Å². The van der Waals surface area contributed by atoms with Gasteiger partial charge in [-0.2, -0.15) is 0 Å². The zero-order valence-electron chi connectivity index (χ0n) is 33.7. The Morgan fingerprint density at radius 3 is 1.91 bits per heavy atom. The normalized spacial score (nSPS) is 29.1. The van der Waals surface area contributed by atoms with Gasteiger partial charge in [0.1, 0.15) is 0 Å². The van der Waals surface area contributed by atoms with Gasteiger partial charge in [-0.15, -0.1) is 0 Å². The van der Waals surface area contributed by atoms with Crippen molar-refractivity contribution < 1.29 is 17.2 Å². The smallest absolute Gasteiger partial charge is 0.409 e. The fourth-order valence-corrected chi connectivity index (χ4v) is 12.1. The second-order valence-corrected chi connectivity index (χ2v) is 18.2. The number of nitrogens with one attached hydrogen (secondary N) is 2. The fraction of sp³-hybridized carbons (Fsp3) is 0.617. The van der Waals surface area contributed by atoms with Crippen LogP contribution in [-0.4, -0.2) is 85.2 Å². The van der Waals surface area contributed by atoms with Gasteiger partial charge in [-0.25, -0.2) is 4.79 Å². The Hall–Kier alpha value is -3.62. The van der Waals surface area contributed by atoms with Gasteiger partial charge in [0, 0.05) is 52.0 Å². The van der Waals surface area contributed by atoms with Gasteiger partial charge in [0.05, 0.1) is 18.7 Å². The second-order valence-electron chi connectivity index (χ2n) is 18.2. The van der Waals surface area contributed by atoms with E-state index in [1.807, 2.05) is 11.8 Å². The molecule has 3 aliphatic heterocycles. The highest BCUT2D eigenvalue weighted by Crippen LogP contribution is 2.53. The van der Waals surface area contributed by atoms with Crippen LogP contribution in [0.5, 0.6) is 0 Å². The fourth-order valence-electron chi connectivity index (χ4n) is 12.1. The predicted molar refractivity (Wildman–Crippen MR) is 224 cm³/mol. The Labute approximate surface area is 333 Å². The van der Waals surface area contributed by atoms with E-state index in [-0.39, 0.29) is 26.3 Å². The van der Waals surface area contributed by atoms with Crippen molar-refractivity contribution in [2.75, 3.05) is 52.4 Å². The van der Waals surface area contributed by atoms with E-state index in [2.05, 4.69) is 94.6 Å². The summed E-state index contributed by atoms with van der Waals surface area (Å²) in [6.45, 7) is 17.7. The van der Waals surface area contributed by atoms with E-state index < -0.39 is 0 Å². The minimum Gasteiger partial charge on any atom is -0.450 e. The molecule has 4 fully saturated rings. The van der Waals surface area contributed by atoms with Gasteiger partial charge in [-0.1, -0.05) is 67.3 Å². The van der Waals surface area contributed by atoms with Gasteiger partial charge in [0.2, 0.25) is 5.91 Å². The van der Waals surface area contributed by atoms with Crippen molar-refractivity contribution in [1.82, 2.24) is 25.3 Å². The van der Waals surface area contributed by atoms with Crippen molar-refractivity contribution in [3.63, 3.8) is 0 Å². The van der Waals surface area contributed by atoms with E-state index >= 15 is 0 Å². The average molecular weight is 752 g/mol. The molecule has 55 heavy (non-hydrogen) atoms. The SMILES string of the molecule is C=C(C)N[C@@H]1CC2(CCN(C3CCN(C(=O)OCC)CC3)CC2)c2ccccc21.CC(=O)NC1CC2(CCN(C[C@@H]3C[C@H]4C=C[C@H]3C4)CC2)c2ccccc21.[HH].[HH]. The monoisotopic (exact) mass is 752 g/mol. The Morgan fingerprint density at radius 2 is 1.38 bits per heavy atom. The summed E-state index contributed by atoms with van der Waals surface area (Å²) < 4.78 is 5.16. The number of fused-ring (bicyclic) bond motifs is 6. The molecule has 3 saturated heterocycles. The molecule has 4 aliphatic carbocycles. The third-order valence-electron chi connectivity index (χ3n) is 14.8. The van der Waals surface area contributed by atoms with Gasteiger partial charge in [0.25, 0.3) is 0 Å². The van der Waals surface area contributed by atoms with Gasteiger partial charge in [-0.3, -0.25) is 4.79 Å². The lowest BCUT2D eigenvalue weighted by Crippen LogP contribution is -2.51. The summed E-state index contributed by atoms with van der Waals surface area (Å²) in [5.41, 5.74) is 7.49. The van der Waals surface area contributed by atoms with E-state index in [1.54, 1.807) is 12.5 Å². The molecular formula is C47H69N5O3. The Balaban J connectivity index is 0.000000187. The molecule has 3 heterocycles. The topological polar surface area (TPSA) is 77.1 Å². The highest BCUT2D eigenvalue weighted by molar-refractivity contribution is 5.74. The second kappa shape index (κ2) is 16.1. The van der Waals surface area contributed by atoms with Crippen molar-refractivity contribution in [3.8, 4) is 0 Å². The number of carbonyl (C=O) groups excluding carboxylic acids is 2. The zero-order chi connectivity index (χ0) is 38.2.